The lowest BCUT2D eigenvalue weighted by molar-refractivity contribution is -0.138. The molecule has 0 saturated heterocycles. The summed E-state index contributed by atoms with van der Waals surface area (Å²) >= 11 is 0. The SMILES string of the molecule is CCc1ccc(CCc2ccc(C(C)(C)C)cc2)c(C(F)(F)F)c1. The molecule has 0 aliphatic carbocycles. The highest BCUT2D eigenvalue weighted by atomic mass is 19.4. The lowest BCUT2D eigenvalue weighted by atomic mass is 9.86. The van der Waals surface area contributed by atoms with Gasteiger partial charge in [-0.05, 0) is 53.0 Å². The Kier molecular flexibility index (Phi) is 5.42. The summed E-state index contributed by atoms with van der Waals surface area (Å²) in [5.74, 6) is 0. The fraction of sp³-hybridized carbons (Fsp3) is 0.429. The van der Waals surface area contributed by atoms with E-state index in [0.717, 1.165) is 11.1 Å². The Morgan fingerprint density at radius 1 is 0.792 bits per heavy atom. The summed E-state index contributed by atoms with van der Waals surface area (Å²) < 4.78 is 39.8. The van der Waals surface area contributed by atoms with E-state index in [1.807, 2.05) is 19.1 Å². The van der Waals surface area contributed by atoms with Crippen LogP contribution >= 0.6 is 0 Å². The van der Waals surface area contributed by atoms with Crippen molar-refractivity contribution in [3.05, 3.63) is 70.3 Å². The van der Waals surface area contributed by atoms with Crippen LogP contribution in [0.3, 0.4) is 0 Å². The van der Waals surface area contributed by atoms with Crippen molar-refractivity contribution >= 4 is 0 Å². The van der Waals surface area contributed by atoms with Crippen molar-refractivity contribution in [2.75, 3.05) is 0 Å². The molecule has 0 nitrogen and oxygen atoms in total. The van der Waals surface area contributed by atoms with Gasteiger partial charge in [0, 0.05) is 0 Å². The summed E-state index contributed by atoms with van der Waals surface area (Å²) in [5, 5.41) is 0. The Bertz CT molecular complexity index is 674. The van der Waals surface area contributed by atoms with Crippen LogP contribution < -0.4 is 0 Å². The van der Waals surface area contributed by atoms with E-state index in [-0.39, 0.29) is 5.41 Å². The molecule has 0 amide bonds. The summed E-state index contributed by atoms with van der Waals surface area (Å²) in [6.07, 6.45) is -2.68. The monoisotopic (exact) mass is 334 g/mol. The minimum Gasteiger partial charge on any atom is -0.166 e. The van der Waals surface area contributed by atoms with Crippen LogP contribution in [0.1, 0.15) is 55.5 Å². The number of hydrogen-bond acceptors (Lipinski definition) is 0. The first-order chi connectivity index (χ1) is 11.1. The molecule has 0 atom stereocenters. The van der Waals surface area contributed by atoms with E-state index in [1.165, 1.54) is 11.6 Å². The van der Waals surface area contributed by atoms with E-state index in [1.54, 1.807) is 12.1 Å². The second kappa shape index (κ2) is 7.00. The number of hydrogen-bond donors (Lipinski definition) is 0. The van der Waals surface area contributed by atoms with Gasteiger partial charge in [-0.3, -0.25) is 0 Å². The third-order valence-electron chi connectivity index (χ3n) is 4.39. The molecule has 0 saturated carbocycles. The maximum absolute atomic E-state index is 13.3. The van der Waals surface area contributed by atoms with E-state index in [0.29, 0.717) is 24.8 Å². The molecule has 0 spiro atoms. The van der Waals surface area contributed by atoms with Crippen LogP contribution in [0.5, 0.6) is 0 Å². The van der Waals surface area contributed by atoms with Crippen LogP contribution in [0.2, 0.25) is 0 Å². The van der Waals surface area contributed by atoms with Gasteiger partial charge in [-0.1, -0.05) is 64.1 Å². The summed E-state index contributed by atoms with van der Waals surface area (Å²) in [5.41, 5.74) is 2.98. The summed E-state index contributed by atoms with van der Waals surface area (Å²) in [4.78, 5) is 0. The Morgan fingerprint density at radius 2 is 1.38 bits per heavy atom. The highest BCUT2D eigenvalue weighted by Gasteiger charge is 2.33. The summed E-state index contributed by atoms with van der Waals surface area (Å²) in [6, 6.07) is 12.9. The highest BCUT2D eigenvalue weighted by molar-refractivity contribution is 5.35. The van der Waals surface area contributed by atoms with Crippen molar-refractivity contribution < 1.29 is 13.2 Å². The zero-order chi connectivity index (χ0) is 18.0. The van der Waals surface area contributed by atoms with Gasteiger partial charge >= 0.3 is 6.18 Å². The molecule has 3 heteroatoms. The average Bonchev–Trinajstić information content (AvgIpc) is 2.51. The molecule has 2 aromatic rings. The predicted molar refractivity (Wildman–Crippen MR) is 93.4 cm³/mol. The zero-order valence-electron chi connectivity index (χ0n) is 14.8. The van der Waals surface area contributed by atoms with Gasteiger partial charge in [-0.2, -0.15) is 13.2 Å². The molecule has 0 aromatic heterocycles. The van der Waals surface area contributed by atoms with Crippen LogP contribution in [0.15, 0.2) is 42.5 Å². The number of aryl methyl sites for hydroxylation is 3. The first-order valence-electron chi connectivity index (χ1n) is 8.39. The van der Waals surface area contributed by atoms with Crippen LogP contribution in [0.4, 0.5) is 13.2 Å². The number of rotatable bonds is 4. The fourth-order valence-electron chi connectivity index (χ4n) is 2.78. The quantitative estimate of drug-likeness (QED) is 0.611. The topological polar surface area (TPSA) is 0 Å². The van der Waals surface area contributed by atoms with Crippen molar-refractivity contribution in [2.24, 2.45) is 0 Å². The molecule has 0 unspecified atom stereocenters. The summed E-state index contributed by atoms with van der Waals surface area (Å²) in [7, 11) is 0. The van der Waals surface area contributed by atoms with E-state index < -0.39 is 11.7 Å². The van der Waals surface area contributed by atoms with Crippen molar-refractivity contribution in [3.8, 4) is 0 Å². The lowest BCUT2D eigenvalue weighted by Gasteiger charge is -2.19. The Labute approximate surface area is 142 Å². The Morgan fingerprint density at radius 3 is 1.88 bits per heavy atom. The maximum atomic E-state index is 13.3. The normalized spacial score (nSPS) is 12.5. The molecule has 0 fully saturated rings. The minimum absolute atomic E-state index is 0.0813. The highest BCUT2D eigenvalue weighted by Crippen LogP contribution is 2.33. The average molecular weight is 334 g/mol. The van der Waals surface area contributed by atoms with Crippen LogP contribution in [0, 0.1) is 0 Å². The molecule has 0 aliphatic rings. The number of alkyl halides is 3. The van der Waals surface area contributed by atoms with Gasteiger partial charge in [0.05, 0.1) is 5.56 Å². The van der Waals surface area contributed by atoms with Crippen LogP contribution in [-0.4, -0.2) is 0 Å². The van der Waals surface area contributed by atoms with Gasteiger partial charge < -0.3 is 0 Å². The van der Waals surface area contributed by atoms with Gasteiger partial charge in [0.2, 0.25) is 0 Å². The molecule has 24 heavy (non-hydrogen) atoms. The van der Waals surface area contributed by atoms with Gasteiger partial charge in [0.15, 0.2) is 0 Å². The number of halogens is 3. The van der Waals surface area contributed by atoms with E-state index in [9.17, 15) is 13.2 Å². The minimum atomic E-state index is -4.30. The molecule has 0 radical (unpaired) electrons. The van der Waals surface area contributed by atoms with Crippen LogP contribution in [-0.2, 0) is 30.9 Å². The van der Waals surface area contributed by atoms with Gasteiger partial charge in [-0.25, -0.2) is 0 Å². The van der Waals surface area contributed by atoms with E-state index in [2.05, 4.69) is 32.9 Å². The number of benzene rings is 2. The van der Waals surface area contributed by atoms with Crippen molar-refractivity contribution in [1.29, 1.82) is 0 Å². The molecule has 2 aromatic carbocycles. The van der Waals surface area contributed by atoms with E-state index >= 15 is 0 Å². The molecule has 0 N–H and O–H groups in total. The molecular formula is C21H25F3. The second-order valence-corrected chi connectivity index (χ2v) is 7.29. The molecule has 2 rings (SSSR count). The van der Waals surface area contributed by atoms with Crippen molar-refractivity contribution in [3.63, 3.8) is 0 Å². The Hall–Kier alpha value is -1.77. The van der Waals surface area contributed by atoms with E-state index in [4.69, 9.17) is 0 Å². The zero-order valence-corrected chi connectivity index (χ0v) is 14.8. The first kappa shape index (κ1) is 18.6. The smallest absolute Gasteiger partial charge is 0.166 e. The van der Waals surface area contributed by atoms with Gasteiger partial charge in [0.1, 0.15) is 0 Å². The molecular weight excluding hydrogens is 309 g/mol. The van der Waals surface area contributed by atoms with Crippen molar-refractivity contribution in [1.82, 2.24) is 0 Å². The van der Waals surface area contributed by atoms with Crippen LogP contribution in [0.25, 0.3) is 0 Å². The molecule has 130 valence electrons. The standard InChI is InChI=1S/C21H25F3/c1-5-15-6-10-17(19(14-15)21(22,23)24)11-7-16-8-12-18(13-9-16)20(2,3)4/h6,8-10,12-14H,5,7,11H2,1-4H3. The third-order valence-corrected chi connectivity index (χ3v) is 4.39. The molecule has 0 bridgehead atoms. The Balaban J connectivity index is 2.17. The fourth-order valence-corrected chi connectivity index (χ4v) is 2.78. The first-order valence-corrected chi connectivity index (χ1v) is 8.39. The van der Waals surface area contributed by atoms with Crippen molar-refractivity contribution in [2.45, 2.75) is 58.5 Å². The van der Waals surface area contributed by atoms with Gasteiger partial charge in [0.25, 0.3) is 0 Å². The maximum Gasteiger partial charge on any atom is 0.416 e. The largest absolute Gasteiger partial charge is 0.416 e. The third kappa shape index (κ3) is 4.62. The predicted octanol–water partition coefficient (Wildman–Crippen LogP) is 6.35. The second-order valence-electron chi connectivity index (χ2n) is 7.29. The summed E-state index contributed by atoms with van der Waals surface area (Å²) in [6.45, 7) is 8.30. The molecule has 0 aliphatic heterocycles. The molecule has 0 heterocycles. The van der Waals surface area contributed by atoms with Gasteiger partial charge in [-0.15, -0.1) is 0 Å². The lowest BCUT2D eigenvalue weighted by Crippen LogP contribution is -2.11.